The highest BCUT2D eigenvalue weighted by molar-refractivity contribution is 6.13. The Morgan fingerprint density at radius 3 is 2.45 bits per heavy atom. The van der Waals surface area contributed by atoms with Gasteiger partial charge in [0.15, 0.2) is 0 Å². The highest BCUT2D eigenvalue weighted by Gasteiger charge is 2.27. The maximum atomic E-state index is 12.3. The molecule has 0 saturated heterocycles. The monoisotopic (exact) mass is 300 g/mol. The standard InChI is InChI=1S/C15H12N2O5/c1-9-4-2-5-10(8-9)16-14(18)13-11(15(19)20)6-3-7-12(13)17(21)22/h2-8H,1H3,(H,16,18)(H,19,20). The first-order valence-corrected chi connectivity index (χ1v) is 6.29. The Labute approximate surface area is 125 Å². The van der Waals surface area contributed by atoms with Gasteiger partial charge in [0.2, 0.25) is 0 Å². The number of anilines is 1. The second-order valence-electron chi connectivity index (χ2n) is 4.59. The van der Waals surface area contributed by atoms with Crippen LogP contribution in [-0.4, -0.2) is 21.9 Å². The van der Waals surface area contributed by atoms with Crippen LogP contribution in [0.25, 0.3) is 0 Å². The van der Waals surface area contributed by atoms with E-state index in [4.69, 9.17) is 5.11 Å². The van der Waals surface area contributed by atoms with E-state index in [1.165, 1.54) is 6.07 Å². The number of nitro benzene ring substituents is 1. The Hall–Kier alpha value is -3.22. The zero-order chi connectivity index (χ0) is 16.3. The van der Waals surface area contributed by atoms with E-state index in [9.17, 15) is 19.7 Å². The van der Waals surface area contributed by atoms with Gasteiger partial charge in [-0.1, -0.05) is 18.2 Å². The fourth-order valence-corrected chi connectivity index (χ4v) is 2.03. The molecule has 0 atom stereocenters. The second kappa shape index (κ2) is 6.04. The molecular weight excluding hydrogens is 288 g/mol. The molecule has 2 aromatic carbocycles. The summed E-state index contributed by atoms with van der Waals surface area (Å²) in [6.45, 7) is 1.82. The molecule has 0 aliphatic carbocycles. The highest BCUT2D eigenvalue weighted by Crippen LogP contribution is 2.24. The predicted octanol–water partition coefficient (Wildman–Crippen LogP) is 2.85. The minimum absolute atomic E-state index is 0.417. The summed E-state index contributed by atoms with van der Waals surface area (Å²) >= 11 is 0. The molecule has 0 unspecified atom stereocenters. The first kappa shape index (κ1) is 15.2. The maximum absolute atomic E-state index is 12.3. The molecule has 0 saturated carbocycles. The molecule has 0 aromatic heterocycles. The van der Waals surface area contributed by atoms with Crippen molar-refractivity contribution in [2.45, 2.75) is 6.92 Å². The van der Waals surface area contributed by atoms with Gasteiger partial charge in [0, 0.05) is 11.8 Å². The highest BCUT2D eigenvalue weighted by atomic mass is 16.6. The summed E-state index contributed by atoms with van der Waals surface area (Å²) in [5.41, 5.74) is -0.121. The molecule has 0 heterocycles. The molecule has 0 bridgehead atoms. The molecule has 2 aromatic rings. The minimum Gasteiger partial charge on any atom is -0.478 e. The summed E-state index contributed by atoms with van der Waals surface area (Å²) in [4.78, 5) is 33.8. The Morgan fingerprint density at radius 1 is 1.18 bits per heavy atom. The van der Waals surface area contributed by atoms with Crippen LogP contribution in [0.1, 0.15) is 26.3 Å². The van der Waals surface area contributed by atoms with Gasteiger partial charge in [0.25, 0.3) is 11.6 Å². The molecule has 7 nitrogen and oxygen atoms in total. The number of carboxylic acids is 1. The number of benzene rings is 2. The quantitative estimate of drug-likeness (QED) is 0.666. The van der Waals surface area contributed by atoms with Gasteiger partial charge >= 0.3 is 5.97 Å². The molecule has 2 rings (SSSR count). The number of nitrogens with zero attached hydrogens (tertiary/aromatic N) is 1. The lowest BCUT2D eigenvalue weighted by Gasteiger charge is -2.09. The van der Waals surface area contributed by atoms with Crippen molar-refractivity contribution in [3.8, 4) is 0 Å². The Kier molecular flexibility index (Phi) is 4.17. The van der Waals surface area contributed by atoms with Gasteiger partial charge in [0.1, 0.15) is 5.56 Å². The topological polar surface area (TPSA) is 110 Å². The average molecular weight is 300 g/mol. The number of carbonyl (C=O) groups is 2. The van der Waals surface area contributed by atoms with Gasteiger partial charge in [-0.2, -0.15) is 0 Å². The smallest absolute Gasteiger partial charge is 0.336 e. The van der Waals surface area contributed by atoms with Crippen LogP contribution < -0.4 is 5.32 Å². The molecule has 2 N–H and O–H groups in total. The number of nitrogens with one attached hydrogen (secondary N) is 1. The van der Waals surface area contributed by atoms with Crippen molar-refractivity contribution in [1.29, 1.82) is 0 Å². The number of carboxylic acid groups (broad SMARTS) is 1. The third-order valence-electron chi connectivity index (χ3n) is 2.97. The van der Waals surface area contributed by atoms with Crippen LogP contribution in [-0.2, 0) is 0 Å². The van der Waals surface area contributed by atoms with Crippen LogP contribution in [0.15, 0.2) is 42.5 Å². The third kappa shape index (κ3) is 3.09. The zero-order valence-electron chi connectivity index (χ0n) is 11.6. The van der Waals surface area contributed by atoms with Crippen molar-refractivity contribution < 1.29 is 19.6 Å². The lowest BCUT2D eigenvalue weighted by atomic mass is 10.0. The molecule has 7 heteroatoms. The average Bonchev–Trinajstić information content (AvgIpc) is 2.46. The third-order valence-corrected chi connectivity index (χ3v) is 2.97. The number of aryl methyl sites for hydroxylation is 1. The summed E-state index contributed by atoms with van der Waals surface area (Å²) in [7, 11) is 0. The van der Waals surface area contributed by atoms with E-state index in [-0.39, 0.29) is 0 Å². The van der Waals surface area contributed by atoms with Crippen molar-refractivity contribution in [3.63, 3.8) is 0 Å². The van der Waals surface area contributed by atoms with Gasteiger partial charge in [-0.25, -0.2) is 4.79 Å². The number of amides is 1. The summed E-state index contributed by atoms with van der Waals surface area (Å²) in [5.74, 6) is -2.24. The van der Waals surface area contributed by atoms with Crippen molar-refractivity contribution in [3.05, 3.63) is 69.3 Å². The van der Waals surface area contributed by atoms with E-state index in [0.717, 1.165) is 17.7 Å². The predicted molar refractivity (Wildman–Crippen MR) is 79.2 cm³/mol. The first-order chi connectivity index (χ1) is 10.4. The van der Waals surface area contributed by atoms with Gasteiger partial charge in [0.05, 0.1) is 10.5 Å². The summed E-state index contributed by atoms with van der Waals surface area (Å²) in [6.07, 6.45) is 0. The largest absolute Gasteiger partial charge is 0.478 e. The first-order valence-electron chi connectivity index (χ1n) is 6.29. The van der Waals surface area contributed by atoms with Gasteiger partial charge < -0.3 is 10.4 Å². The number of hydrogen-bond donors (Lipinski definition) is 2. The fraction of sp³-hybridized carbons (Fsp3) is 0.0667. The number of hydrogen-bond acceptors (Lipinski definition) is 4. The van der Waals surface area contributed by atoms with Crippen LogP contribution >= 0.6 is 0 Å². The van der Waals surface area contributed by atoms with E-state index in [2.05, 4.69) is 5.32 Å². The molecular formula is C15H12N2O5. The molecule has 0 radical (unpaired) electrons. The molecule has 0 spiro atoms. The van der Waals surface area contributed by atoms with Crippen LogP contribution in [0.2, 0.25) is 0 Å². The second-order valence-corrected chi connectivity index (χ2v) is 4.59. The summed E-state index contributed by atoms with van der Waals surface area (Å²) < 4.78 is 0. The van der Waals surface area contributed by atoms with Crippen molar-refractivity contribution >= 4 is 23.3 Å². The van der Waals surface area contributed by atoms with E-state index < -0.39 is 33.6 Å². The molecule has 0 aliphatic rings. The molecule has 112 valence electrons. The maximum Gasteiger partial charge on any atom is 0.336 e. The van der Waals surface area contributed by atoms with Gasteiger partial charge in [-0.15, -0.1) is 0 Å². The van der Waals surface area contributed by atoms with E-state index in [1.807, 2.05) is 13.0 Å². The van der Waals surface area contributed by atoms with Crippen molar-refractivity contribution in [2.24, 2.45) is 0 Å². The number of nitro groups is 1. The fourth-order valence-electron chi connectivity index (χ4n) is 2.03. The molecule has 0 aliphatic heterocycles. The summed E-state index contributed by atoms with van der Waals surface area (Å²) in [6, 6.07) is 10.3. The summed E-state index contributed by atoms with van der Waals surface area (Å²) in [5, 5.41) is 22.7. The van der Waals surface area contributed by atoms with Gasteiger partial charge in [-0.3, -0.25) is 14.9 Å². The Morgan fingerprint density at radius 2 is 1.86 bits per heavy atom. The van der Waals surface area contributed by atoms with Crippen molar-refractivity contribution in [2.75, 3.05) is 5.32 Å². The molecule has 0 fully saturated rings. The van der Waals surface area contributed by atoms with E-state index in [0.29, 0.717) is 5.69 Å². The normalized spacial score (nSPS) is 10.0. The molecule has 1 amide bonds. The van der Waals surface area contributed by atoms with Crippen LogP contribution in [0.5, 0.6) is 0 Å². The van der Waals surface area contributed by atoms with Crippen LogP contribution in [0.3, 0.4) is 0 Å². The van der Waals surface area contributed by atoms with Crippen LogP contribution in [0, 0.1) is 17.0 Å². The SMILES string of the molecule is Cc1cccc(NC(=O)c2c(C(=O)O)cccc2[N+](=O)[O-])c1. The molecule has 22 heavy (non-hydrogen) atoms. The lowest BCUT2D eigenvalue weighted by molar-refractivity contribution is -0.385. The van der Waals surface area contributed by atoms with E-state index >= 15 is 0 Å². The van der Waals surface area contributed by atoms with Gasteiger partial charge in [-0.05, 0) is 30.7 Å². The zero-order valence-corrected chi connectivity index (χ0v) is 11.6. The van der Waals surface area contributed by atoms with Crippen LogP contribution in [0.4, 0.5) is 11.4 Å². The number of aromatic carboxylic acids is 1. The Balaban J connectivity index is 2.48. The lowest BCUT2D eigenvalue weighted by Crippen LogP contribution is -2.18. The van der Waals surface area contributed by atoms with E-state index in [1.54, 1.807) is 18.2 Å². The van der Waals surface area contributed by atoms with Crippen molar-refractivity contribution in [1.82, 2.24) is 0 Å². The minimum atomic E-state index is -1.40. The number of carbonyl (C=O) groups excluding carboxylic acids is 1. The number of rotatable bonds is 4. The Bertz CT molecular complexity index is 738.